The van der Waals surface area contributed by atoms with Gasteiger partial charge in [-0.15, -0.1) is 0 Å². The molecule has 0 saturated heterocycles. The minimum atomic E-state index is -0.731. The van der Waals surface area contributed by atoms with Gasteiger partial charge in [-0.25, -0.2) is 13.8 Å². The number of aromatic amines is 1. The lowest BCUT2D eigenvalue weighted by Gasteiger charge is -2.15. The summed E-state index contributed by atoms with van der Waals surface area (Å²) in [5.41, 5.74) is 1.34. The summed E-state index contributed by atoms with van der Waals surface area (Å²) >= 11 is 0. The molecule has 1 aromatic heterocycles. The minimum absolute atomic E-state index is 0.0744. The Labute approximate surface area is 113 Å². The van der Waals surface area contributed by atoms with Crippen molar-refractivity contribution in [1.29, 1.82) is 0 Å². The second-order valence-corrected chi connectivity index (χ2v) is 4.80. The number of H-pyrrole nitrogens is 1. The van der Waals surface area contributed by atoms with Gasteiger partial charge in [0.25, 0.3) is 5.56 Å². The molecule has 2 aromatic rings. The number of rotatable bonds is 2. The first-order chi connectivity index (χ1) is 9.63. The molecular weight excluding hydrogens is 264 g/mol. The third-order valence-corrected chi connectivity index (χ3v) is 3.38. The van der Waals surface area contributed by atoms with Crippen LogP contribution in [0.4, 0.5) is 20.4 Å². The van der Waals surface area contributed by atoms with Crippen LogP contribution >= 0.6 is 0 Å². The monoisotopic (exact) mass is 277 g/mol. The molecule has 0 bridgehead atoms. The predicted octanol–water partition coefficient (Wildman–Crippen LogP) is 2.67. The molecule has 1 aromatic carbocycles. The molecule has 104 valence electrons. The predicted molar refractivity (Wildman–Crippen MR) is 71.1 cm³/mol. The van der Waals surface area contributed by atoms with Crippen LogP contribution in [0, 0.1) is 11.6 Å². The number of anilines is 2. The molecule has 0 unspecified atom stereocenters. The molecule has 1 aliphatic carbocycles. The Morgan fingerprint density at radius 1 is 1.20 bits per heavy atom. The third-order valence-electron chi connectivity index (χ3n) is 3.38. The molecule has 1 heterocycles. The Morgan fingerprint density at radius 2 is 2.00 bits per heavy atom. The average Bonchev–Trinajstić information content (AvgIpc) is 2.42. The maximum atomic E-state index is 13.6. The van der Waals surface area contributed by atoms with E-state index < -0.39 is 11.6 Å². The van der Waals surface area contributed by atoms with Crippen molar-refractivity contribution >= 4 is 11.6 Å². The molecular formula is C14H13F2N3O. The van der Waals surface area contributed by atoms with E-state index in [0.29, 0.717) is 5.56 Å². The van der Waals surface area contributed by atoms with Crippen LogP contribution in [0.1, 0.15) is 24.1 Å². The van der Waals surface area contributed by atoms with Gasteiger partial charge in [-0.2, -0.15) is 0 Å². The zero-order valence-electron chi connectivity index (χ0n) is 10.7. The van der Waals surface area contributed by atoms with Gasteiger partial charge >= 0.3 is 0 Å². The third kappa shape index (κ3) is 2.41. The number of hydrogen-bond donors (Lipinski definition) is 2. The summed E-state index contributed by atoms with van der Waals surface area (Å²) in [5, 5.41) is 2.68. The van der Waals surface area contributed by atoms with Gasteiger partial charge in [-0.1, -0.05) is 0 Å². The van der Waals surface area contributed by atoms with Gasteiger partial charge in [-0.05, 0) is 37.8 Å². The standard InChI is InChI=1S/C14H13F2N3O/c15-8-5-6-12(10(16)7-8)18-14-17-11-4-2-1-3-9(11)13(20)19-14/h5-7H,1-4H2,(H2,17,18,19,20). The number of benzene rings is 1. The lowest BCUT2D eigenvalue weighted by molar-refractivity contribution is 0.585. The number of halogens is 2. The van der Waals surface area contributed by atoms with E-state index in [4.69, 9.17) is 0 Å². The zero-order valence-corrected chi connectivity index (χ0v) is 10.7. The topological polar surface area (TPSA) is 57.8 Å². The highest BCUT2D eigenvalue weighted by Gasteiger charge is 2.16. The van der Waals surface area contributed by atoms with E-state index in [-0.39, 0.29) is 17.2 Å². The molecule has 0 spiro atoms. The van der Waals surface area contributed by atoms with Crippen molar-refractivity contribution in [3.8, 4) is 0 Å². The van der Waals surface area contributed by atoms with Crippen molar-refractivity contribution in [1.82, 2.24) is 9.97 Å². The van der Waals surface area contributed by atoms with Crippen LogP contribution in [0.3, 0.4) is 0 Å². The molecule has 0 fully saturated rings. The average molecular weight is 277 g/mol. The van der Waals surface area contributed by atoms with Crippen LogP contribution < -0.4 is 10.9 Å². The molecule has 2 N–H and O–H groups in total. The molecule has 1 aliphatic rings. The fraction of sp³-hybridized carbons (Fsp3) is 0.286. The summed E-state index contributed by atoms with van der Waals surface area (Å²) in [5.74, 6) is -1.20. The van der Waals surface area contributed by atoms with Crippen LogP contribution in [-0.4, -0.2) is 9.97 Å². The molecule has 0 atom stereocenters. The van der Waals surface area contributed by atoms with E-state index in [0.717, 1.165) is 43.5 Å². The van der Waals surface area contributed by atoms with E-state index in [9.17, 15) is 13.6 Å². The number of fused-ring (bicyclic) bond motifs is 1. The van der Waals surface area contributed by atoms with E-state index >= 15 is 0 Å². The second kappa shape index (κ2) is 5.03. The van der Waals surface area contributed by atoms with Crippen molar-refractivity contribution in [2.24, 2.45) is 0 Å². The van der Waals surface area contributed by atoms with Crippen molar-refractivity contribution < 1.29 is 8.78 Å². The summed E-state index contributed by atoms with van der Waals surface area (Å²) in [6.45, 7) is 0. The quantitative estimate of drug-likeness (QED) is 0.887. The van der Waals surface area contributed by atoms with Crippen LogP contribution in [0.25, 0.3) is 0 Å². The Kier molecular flexibility index (Phi) is 3.22. The number of nitrogens with zero attached hydrogens (tertiary/aromatic N) is 1. The minimum Gasteiger partial charge on any atom is -0.323 e. The van der Waals surface area contributed by atoms with E-state index in [1.807, 2.05) is 0 Å². The number of aryl methyl sites for hydroxylation is 1. The highest BCUT2D eigenvalue weighted by Crippen LogP contribution is 2.20. The number of aromatic nitrogens is 2. The van der Waals surface area contributed by atoms with E-state index in [2.05, 4.69) is 15.3 Å². The summed E-state index contributed by atoms with van der Waals surface area (Å²) in [6, 6.07) is 3.19. The maximum Gasteiger partial charge on any atom is 0.255 e. The highest BCUT2D eigenvalue weighted by molar-refractivity contribution is 5.54. The second-order valence-electron chi connectivity index (χ2n) is 4.80. The number of nitrogens with one attached hydrogen (secondary N) is 2. The maximum absolute atomic E-state index is 13.6. The van der Waals surface area contributed by atoms with E-state index in [1.54, 1.807) is 0 Å². The largest absolute Gasteiger partial charge is 0.323 e. The molecule has 3 rings (SSSR count). The lowest BCUT2D eigenvalue weighted by atomic mass is 9.97. The molecule has 4 nitrogen and oxygen atoms in total. The Bertz CT molecular complexity index is 712. The van der Waals surface area contributed by atoms with Crippen molar-refractivity contribution in [3.05, 3.63) is 51.4 Å². The van der Waals surface area contributed by atoms with Gasteiger partial charge in [0.15, 0.2) is 0 Å². The van der Waals surface area contributed by atoms with E-state index in [1.165, 1.54) is 6.07 Å². The lowest BCUT2D eigenvalue weighted by Crippen LogP contribution is -2.22. The molecule has 0 aliphatic heterocycles. The smallest absolute Gasteiger partial charge is 0.255 e. The zero-order chi connectivity index (χ0) is 14.1. The first kappa shape index (κ1) is 12.8. The van der Waals surface area contributed by atoms with Crippen LogP contribution in [0.5, 0.6) is 0 Å². The van der Waals surface area contributed by atoms with Crippen LogP contribution in [0.15, 0.2) is 23.0 Å². The Morgan fingerprint density at radius 3 is 2.80 bits per heavy atom. The van der Waals surface area contributed by atoms with Crippen molar-refractivity contribution in [2.45, 2.75) is 25.7 Å². The molecule has 0 saturated carbocycles. The van der Waals surface area contributed by atoms with Gasteiger partial charge < -0.3 is 5.32 Å². The summed E-state index contributed by atoms with van der Waals surface area (Å²) in [7, 11) is 0. The molecule has 6 heteroatoms. The fourth-order valence-corrected chi connectivity index (χ4v) is 2.38. The molecule has 20 heavy (non-hydrogen) atoms. The normalized spacial score (nSPS) is 13.9. The first-order valence-corrected chi connectivity index (χ1v) is 6.47. The van der Waals surface area contributed by atoms with Gasteiger partial charge in [0.05, 0.1) is 11.4 Å². The van der Waals surface area contributed by atoms with Crippen molar-refractivity contribution in [2.75, 3.05) is 5.32 Å². The summed E-state index contributed by atoms with van der Waals surface area (Å²) in [4.78, 5) is 18.8. The summed E-state index contributed by atoms with van der Waals surface area (Å²) in [6.07, 6.45) is 3.45. The van der Waals surface area contributed by atoms with Gasteiger partial charge in [0.1, 0.15) is 11.6 Å². The Hall–Kier alpha value is -2.24. The van der Waals surface area contributed by atoms with Crippen LogP contribution in [0.2, 0.25) is 0 Å². The van der Waals surface area contributed by atoms with Gasteiger partial charge in [0, 0.05) is 11.6 Å². The fourth-order valence-electron chi connectivity index (χ4n) is 2.38. The van der Waals surface area contributed by atoms with Crippen molar-refractivity contribution in [3.63, 3.8) is 0 Å². The number of hydrogen-bond acceptors (Lipinski definition) is 3. The Balaban J connectivity index is 1.95. The first-order valence-electron chi connectivity index (χ1n) is 6.47. The highest BCUT2D eigenvalue weighted by atomic mass is 19.1. The molecule has 0 radical (unpaired) electrons. The van der Waals surface area contributed by atoms with Gasteiger partial charge in [-0.3, -0.25) is 9.78 Å². The van der Waals surface area contributed by atoms with Gasteiger partial charge in [0.2, 0.25) is 5.95 Å². The molecule has 0 amide bonds. The SMILES string of the molecule is O=c1[nH]c(Nc2ccc(F)cc2F)nc2c1CCCC2. The summed E-state index contributed by atoms with van der Waals surface area (Å²) < 4.78 is 26.4. The van der Waals surface area contributed by atoms with Crippen LogP contribution in [-0.2, 0) is 12.8 Å².